The number of amides is 1. The molecule has 1 unspecified atom stereocenters. The fourth-order valence-electron chi connectivity index (χ4n) is 2.88. The van der Waals surface area contributed by atoms with Gasteiger partial charge in [0, 0.05) is 18.2 Å². The fraction of sp³-hybridized carbons (Fsp3) is 0.400. The minimum absolute atomic E-state index is 0.0210. The second-order valence-electron chi connectivity index (χ2n) is 6.58. The Balaban J connectivity index is 0.000000370. The van der Waals surface area contributed by atoms with Crippen molar-refractivity contribution in [2.24, 2.45) is 0 Å². The number of carbonyl (C=O) groups excluding carboxylic acids is 1. The van der Waals surface area contributed by atoms with Gasteiger partial charge in [0.2, 0.25) is 0 Å². The molecule has 3 rings (SSSR count). The first kappa shape index (κ1) is 22.9. The van der Waals surface area contributed by atoms with Crippen molar-refractivity contribution in [3.8, 4) is 11.1 Å². The van der Waals surface area contributed by atoms with E-state index in [0.717, 1.165) is 30.6 Å². The molecule has 1 aliphatic rings. The van der Waals surface area contributed by atoms with Crippen LogP contribution >= 0.6 is 11.3 Å². The lowest BCUT2D eigenvalue weighted by Gasteiger charge is -2.23. The van der Waals surface area contributed by atoms with Gasteiger partial charge in [-0.25, -0.2) is 4.79 Å². The van der Waals surface area contributed by atoms with Gasteiger partial charge in [0.1, 0.15) is 0 Å². The van der Waals surface area contributed by atoms with Crippen LogP contribution in [0.3, 0.4) is 0 Å². The summed E-state index contributed by atoms with van der Waals surface area (Å²) in [4.78, 5) is 21.1. The number of piperidine rings is 1. The number of alkyl halides is 3. The highest BCUT2D eigenvalue weighted by Crippen LogP contribution is 2.22. The quantitative estimate of drug-likeness (QED) is 0.663. The third kappa shape index (κ3) is 7.86. The third-order valence-corrected chi connectivity index (χ3v) is 5.12. The standard InChI is InChI=1S/C18H22N2OS.C2HF3O2/c21-18(20-11-8-17-3-1-2-10-19-17)15-6-4-14(5-7-15)16-9-12-22-13-16;3-2(4,5)1(6)7/h4-7,9,12-13,17,19H,1-3,8,10-11H2,(H,20,21);(H,6,7). The SMILES string of the molecule is O=C(NCCC1CCCCN1)c1ccc(-c2ccsc2)cc1.O=C(O)C(F)(F)F. The number of carboxylic acid groups (broad SMARTS) is 1. The van der Waals surface area contributed by atoms with Crippen molar-refractivity contribution < 1.29 is 27.9 Å². The lowest BCUT2D eigenvalue weighted by atomic mass is 10.0. The molecule has 1 amide bonds. The van der Waals surface area contributed by atoms with Gasteiger partial charge in [0.15, 0.2) is 0 Å². The molecule has 2 heterocycles. The van der Waals surface area contributed by atoms with Crippen LogP contribution in [0.2, 0.25) is 0 Å². The van der Waals surface area contributed by atoms with Gasteiger partial charge in [-0.05, 0) is 65.9 Å². The van der Waals surface area contributed by atoms with Crippen LogP contribution in [0.1, 0.15) is 36.0 Å². The van der Waals surface area contributed by atoms with Crippen LogP contribution < -0.4 is 10.6 Å². The molecule has 1 aromatic heterocycles. The van der Waals surface area contributed by atoms with E-state index in [1.807, 2.05) is 24.3 Å². The third-order valence-electron chi connectivity index (χ3n) is 4.43. The lowest BCUT2D eigenvalue weighted by molar-refractivity contribution is -0.192. The van der Waals surface area contributed by atoms with E-state index in [4.69, 9.17) is 9.90 Å². The zero-order valence-corrected chi connectivity index (χ0v) is 16.5. The number of benzene rings is 1. The minimum atomic E-state index is -5.08. The molecular weight excluding hydrogens is 405 g/mol. The van der Waals surface area contributed by atoms with Crippen LogP contribution in [0.15, 0.2) is 41.1 Å². The average molecular weight is 428 g/mol. The van der Waals surface area contributed by atoms with Crippen molar-refractivity contribution in [3.05, 3.63) is 46.7 Å². The van der Waals surface area contributed by atoms with Gasteiger partial charge in [-0.15, -0.1) is 0 Å². The summed E-state index contributed by atoms with van der Waals surface area (Å²) in [6, 6.07) is 10.5. The van der Waals surface area contributed by atoms with E-state index < -0.39 is 12.1 Å². The van der Waals surface area contributed by atoms with E-state index >= 15 is 0 Å². The normalized spacial score (nSPS) is 16.4. The molecule has 158 valence electrons. The number of carbonyl (C=O) groups is 2. The van der Waals surface area contributed by atoms with Crippen LogP contribution in [0, 0.1) is 0 Å². The first-order valence-corrected chi connectivity index (χ1v) is 10.2. The van der Waals surface area contributed by atoms with Gasteiger partial charge < -0.3 is 15.7 Å². The van der Waals surface area contributed by atoms with Crippen molar-refractivity contribution in [1.29, 1.82) is 0 Å². The second-order valence-corrected chi connectivity index (χ2v) is 7.36. The number of aliphatic carboxylic acids is 1. The number of halogens is 3. The Morgan fingerprint density at radius 3 is 2.34 bits per heavy atom. The Morgan fingerprint density at radius 2 is 1.83 bits per heavy atom. The number of hydrogen-bond donors (Lipinski definition) is 3. The van der Waals surface area contributed by atoms with Gasteiger partial charge in [0.05, 0.1) is 0 Å². The van der Waals surface area contributed by atoms with Crippen LogP contribution in [0.4, 0.5) is 13.2 Å². The molecule has 0 saturated carbocycles. The lowest BCUT2D eigenvalue weighted by Crippen LogP contribution is -2.37. The molecule has 2 aromatic rings. The zero-order chi connectivity index (χ0) is 21.3. The van der Waals surface area contributed by atoms with Crippen LogP contribution in [-0.2, 0) is 4.79 Å². The highest BCUT2D eigenvalue weighted by atomic mass is 32.1. The monoisotopic (exact) mass is 428 g/mol. The molecular formula is C20H23F3N2O3S. The molecule has 9 heteroatoms. The molecule has 1 aliphatic heterocycles. The highest BCUT2D eigenvalue weighted by molar-refractivity contribution is 7.08. The predicted octanol–water partition coefficient (Wildman–Crippen LogP) is 4.31. The van der Waals surface area contributed by atoms with Crippen molar-refractivity contribution in [1.82, 2.24) is 10.6 Å². The number of hydrogen-bond acceptors (Lipinski definition) is 4. The summed E-state index contributed by atoms with van der Waals surface area (Å²) < 4.78 is 31.7. The Kier molecular flexibility index (Phi) is 8.66. The van der Waals surface area contributed by atoms with Crippen LogP contribution in [-0.4, -0.2) is 42.3 Å². The molecule has 0 spiro atoms. The van der Waals surface area contributed by atoms with E-state index in [-0.39, 0.29) is 5.91 Å². The summed E-state index contributed by atoms with van der Waals surface area (Å²) in [6.45, 7) is 1.85. The van der Waals surface area contributed by atoms with Gasteiger partial charge in [0.25, 0.3) is 5.91 Å². The van der Waals surface area contributed by atoms with Crippen LogP contribution in [0.25, 0.3) is 11.1 Å². The first-order valence-electron chi connectivity index (χ1n) is 9.21. The smallest absolute Gasteiger partial charge is 0.475 e. The maximum atomic E-state index is 12.2. The summed E-state index contributed by atoms with van der Waals surface area (Å²) in [5.41, 5.74) is 3.10. The van der Waals surface area contributed by atoms with Crippen molar-refractivity contribution in [2.45, 2.75) is 37.9 Å². The Labute approximate surface area is 170 Å². The molecule has 0 bridgehead atoms. The predicted molar refractivity (Wildman–Crippen MR) is 106 cm³/mol. The van der Waals surface area contributed by atoms with E-state index in [0.29, 0.717) is 6.04 Å². The molecule has 0 radical (unpaired) electrons. The van der Waals surface area contributed by atoms with Gasteiger partial charge >= 0.3 is 12.1 Å². The zero-order valence-electron chi connectivity index (χ0n) is 15.7. The Hall–Kier alpha value is -2.39. The highest BCUT2D eigenvalue weighted by Gasteiger charge is 2.38. The van der Waals surface area contributed by atoms with E-state index in [9.17, 15) is 18.0 Å². The average Bonchev–Trinajstić information content (AvgIpc) is 3.23. The van der Waals surface area contributed by atoms with Gasteiger partial charge in [-0.3, -0.25) is 4.79 Å². The molecule has 29 heavy (non-hydrogen) atoms. The Morgan fingerprint density at radius 1 is 1.14 bits per heavy atom. The van der Waals surface area contributed by atoms with Gasteiger partial charge in [-0.1, -0.05) is 18.6 Å². The number of nitrogens with one attached hydrogen (secondary N) is 2. The van der Waals surface area contributed by atoms with Crippen molar-refractivity contribution >= 4 is 23.2 Å². The molecule has 1 saturated heterocycles. The second kappa shape index (κ2) is 11.0. The molecule has 3 N–H and O–H groups in total. The summed E-state index contributed by atoms with van der Waals surface area (Å²) >= 11 is 1.68. The summed E-state index contributed by atoms with van der Waals surface area (Å²) in [6.07, 6.45) is -0.265. The van der Waals surface area contributed by atoms with E-state index in [2.05, 4.69) is 27.5 Å². The maximum absolute atomic E-state index is 12.2. The summed E-state index contributed by atoms with van der Waals surface area (Å²) in [7, 11) is 0. The minimum Gasteiger partial charge on any atom is -0.475 e. The van der Waals surface area contributed by atoms with E-state index in [1.54, 1.807) is 11.3 Å². The topological polar surface area (TPSA) is 78.4 Å². The van der Waals surface area contributed by atoms with Crippen molar-refractivity contribution in [3.63, 3.8) is 0 Å². The molecule has 1 aromatic carbocycles. The molecule has 1 atom stereocenters. The van der Waals surface area contributed by atoms with Crippen molar-refractivity contribution in [2.75, 3.05) is 13.1 Å². The Bertz CT molecular complexity index is 771. The van der Waals surface area contributed by atoms with Gasteiger partial charge in [-0.2, -0.15) is 24.5 Å². The van der Waals surface area contributed by atoms with E-state index in [1.165, 1.54) is 24.8 Å². The fourth-order valence-corrected chi connectivity index (χ4v) is 3.54. The largest absolute Gasteiger partial charge is 0.490 e. The molecule has 1 fully saturated rings. The molecule has 5 nitrogen and oxygen atoms in total. The number of rotatable bonds is 5. The maximum Gasteiger partial charge on any atom is 0.490 e. The number of thiophene rings is 1. The van der Waals surface area contributed by atoms with Crippen LogP contribution in [0.5, 0.6) is 0 Å². The number of carboxylic acids is 1. The summed E-state index contributed by atoms with van der Waals surface area (Å²) in [5, 5.41) is 17.8. The summed E-state index contributed by atoms with van der Waals surface area (Å²) in [5.74, 6) is -2.74. The first-order chi connectivity index (χ1) is 13.8. The molecule has 0 aliphatic carbocycles.